The lowest BCUT2D eigenvalue weighted by molar-refractivity contribution is -0.274. The Morgan fingerprint density at radius 1 is 1.11 bits per heavy atom. The Labute approximate surface area is 267 Å². The zero-order valence-corrected chi connectivity index (χ0v) is 26.1. The van der Waals surface area contributed by atoms with Crippen molar-refractivity contribution in [1.82, 2.24) is 10.1 Å². The standard InChI is InChI=1S/C33H34F3N3O6S/c1-16(2)43-25-13-20(31(40)41)14-26-29(25)38-32(46-26)37-27-18-9-10-19(27)12-21(11-18)42-15-23-28(39-45-30(23)17-7-8-17)22-5-3-4-6-24(22)44-33(34,35)36/h3-6,13-14,16-19,21,27H,7-12,15H2,1-2H3,(H,37,38)(H,40,41). The minimum atomic E-state index is -4.83. The normalized spacial score (nSPS) is 22.8. The number of hydrogen-bond acceptors (Lipinski definition) is 9. The summed E-state index contributed by atoms with van der Waals surface area (Å²) in [7, 11) is 0. The summed E-state index contributed by atoms with van der Waals surface area (Å²) in [6, 6.07) is 9.33. The van der Waals surface area contributed by atoms with Gasteiger partial charge >= 0.3 is 12.3 Å². The molecule has 2 bridgehead atoms. The number of nitrogens with zero attached hydrogens (tertiary/aromatic N) is 2. The van der Waals surface area contributed by atoms with Gasteiger partial charge in [-0.05, 0) is 88.5 Å². The van der Waals surface area contributed by atoms with Gasteiger partial charge in [0.15, 0.2) is 5.13 Å². The van der Waals surface area contributed by atoms with E-state index in [1.807, 2.05) is 13.8 Å². The molecule has 3 aliphatic carbocycles. The fourth-order valence-electron chi connectivity index (χ4n) is 6.93. The molecule has 2 atom stereocenters. The number of carboxylic acid groups (broad SMARTS) is 1. The molecule has 2 unspecified atom stereocenters. The molecule has 9 nitrogen and oxygen atoms in total. The molecule has 0 aliphatic heterocycles. The molecule has 7 rings (SSSR count). The zero-order chi connectivity index (χ0) is 32.2. The van der Waals surface area contributed by atoms with Gasteiger partial charge in [-0.3, -0.25) is 0 Å². The number of anilines is 1. The molecule has 46 heavy (non-hydrogen) atoms. The molecular formula is C33H34F3N3O6S. The van der Waals surface area contributed by atoms with Crippen molar-refractivity contribution in [3.8, 4) is 22.8 Å². The second kappa shape index (κ2) is 12.1. The van der Waals surface area contributed by atoms with Crippen LogP contribution in [0.15, 0.2) is 40.9 Å². The lowest BCUT2D eigenvalue weighted by Gasteiger charge is -2.35. The Balaban J connectivity index is 1.06. The van der Waals surface area contributed by atoms with Crippen molar-refractivity contribution >= 4 is 32.7 Å². The van der Waals surface area contributed by atoms with Crippen molar-refractivity contribution < 1.29 is 41.8 Å². The summed E-state index contributed by atoms with van der Waals surface area (Å²) in [5.74, 6) is 0.687. The van der Waals surface area contributed by atoms with Crippen LogP contribution < -0.4 is 14.8 Å². The monoisotopic (exact) mass is 657 g/mol. The molecule has 0 radical (unpaired) electrons. The van der Waals surface area contributed by atoms with Gasteiger partial charge in [0, 0.05) is 23.1 Å². The van der Waals surface area contributed by atoms with E-state index in [-0.39, 0.29) is 47.7 Å². The van der Waals surface area contributed by atoms with Crippen LogP contribution in [-0.2, 0) is 11.3 Å². The number of alkyl halides is 3. The number of carbonyl (C=O) groups is 1. The Morgan fingerprint density at radius 3 is 2.52 bits per heavy atom. The van der Waals surface area contributed by atoms with Crippen LogP contribution in [0.4, 0.5) is 18.3 Å². The number of para-hydroxylation sites is 1. The van der Waals surface area contributed by atoms with Crippen LogP contribution in [-0.4, -0.2) is 45.8 Å². The van der Waals surface area contributed by atoms with E-state index in [0.717, 1.165) is 48.4 Å². The van der Waals surface area contributed by atoms with Gasteiger partial charge in [-0.1, -0.05) is 28.6 Å². The Morgan fingerprint density at radius 2 is 1.85 bits per heavy atom. The fourth-order valence-corrected chi connectivity index (χ4v) is 7.90. The number of halogens is 3. The van der Waals surface area contributed by atoms with E-state index >= 15 is 0 Å². The van der Waals surface area contributed by atoms with Crippen LogP contribution >= 0.6 is 11.3 Å². The summed E-state index contributed by atoms with van der Waals surface area (Å²) >= 11 is 1.42. The first-order valence-electron chi connectivity index (χ1n) is 15.6. The third kappa shape index (κ3) is 6.39. The average molecular weight is 658 g/mol. The van der Waals surface area contributed by atoms with Crippen LogP contribution in [0.25, 0.3) is 21.5 Å². The maximum atomic E-state index is 13.2. The summed E-state index contributed by atoms with van der Waals surface area (Å²) in [5, 5.41) is 18.2. The summed E-state index contributed by atoms with van der Waals surface area (Å²) in [6.45, 7) is 3.97. The highest BCUT2D eigenvalue weighted by molar-refractivity contribution is 7.22. The Hall–Kier alpha value is -3.84. The van der Waals surface area contributed by atoms with Crippen molar-refractivity contribution in [2.24, 2.45) is 11.8 Å². The van der Waals surface area contributed by atoms with Gasteiger partial charge in [-0.15, -0.1) is 13.2 Å². The van der Waals surface area contributed by atoms with Crippen LogP contribution in [0, 0.1) is 11.8 Å². The quantitative estimate of drug-likeness (QED) is 0.164. The predicted molar refractivity (Wildman–Crippen MR) is 164 cm³/mol. The molecule has 2 aromatic heterocycles. The van der Waals surface area contributed by atoms with Gasteiger partial charge in [-0.25, -0.2) is 9.78 Å². The highest BCUT2D eigenvalue weighted by Gasteiger charge is 2.44. The second-order valence-corrected chi connectivity index (χ2v) is 13.7. The largest absolute Gasteiger partial charge is 0.573 e. The highest BCUT2D eigenvalue weighted by atomic mass is 32.1. The number of hydrogen-bond donors (Lipinski definition) is 2. The summed E-state index contributed by atoms with van der Waals surface area (Å²) in [6.07, 6.45) is 0.653. The van der Waals surface area contributed by atoms with Crippen molar-refractivity contribution in [3.63, 3.8) is 0 Å². The van der Waals surface area contributed by atoms with E-state index in [2.05, 4.69) is 15.2 Å². The number of carboxylic acids is 1. The van der Waals surface area contributed by atoms with Gasteiger partial charge in [0.05, 0.1) is 29.1 Å². The molecule has 3 fully saturated rings. The van der Waals surface area contributed by atoms with E-state index < -0.39 is 12.3 Å². The molecule has 0 saturated heterocycles. The van der Waals surface area contributed by atoms with E-state index in [0.29, 0.717) is 40.1 Å². The van der Waals surface area contributed by atoms with Gasteiger partial charge in [-0.2, -0.15) is 0 Å². The minimum absolute atomic E-state index is 0.0217. The molecule has 4 aromatic rings. The smallest absolute Gasteiger partial charge is 0.489 e. The molecule has 244 valence electrons. The number of aromatic nitrogens is 2. The highest BCUT2D eigenvalue weighted by Crippen LogP contribution is 2.48. The van der Waals surface area contributed by atoms with Gasteiger partial charge < -0.3 is 29.2 Å². The lowest BCUT2D eigenvalue weighted by Crippen LogP contribution is -2.39. The molecule has 2 N–H and O–H groups in total. The Kier molecular flexibility index (Phi) is 8.08. The van der Waals surface area contributed by atoms with Crippen molar-refractivity contribution in [3.05, 3.63) is 53.3 Å². The van der Waals surface area contributed by atoms with E-state index in [4.69, 9.17) is 19.0 Å². The van der Waals surface area contributed by atoms with Crippen molar-refractivity contribution in [1.29, 1.82) is 0 Å². The molecule has 0 amide bonds. The van der Waals surface area contributed by atoms with Crippen molar-refractivity contribution in [2.75, 3.05) is 5.32 Å². The number of fused-ring (bicyclic) bond motifs is 3. The molecule has 13 heteroatoms. The van der Waals surface area contributed by atoms with Crippen LogP contribution in [0.3, 0.4) is 0 Å². The topological polar surface area (TPSA) is 116 Å². The predicted octanol–water partition coefficient (Wildman–Crippen LogP) is 8.40. The molecule has 2 aromatic carbocycles. The van der Waals surface area contributed by atoms with E-state index in [9.17, 15) is 23.1 Å². The summed E-state index contributed by atoms with van der Waals surface area (Å²) in [4.78, 5) is 16.5. The molecule has 0 spiro atoms. The number of benzene rings is 2. The first kappa shape index (κ1) is 30.8. The van der Waals surface area contributed by atoms with Crippen molar-refractivity contribution in [2.45, 2.75) is 89.5 Å². The maximum absolute atomic E-state index is 13.2. The number of nitrogens with one attached hydrogen (secondary N) is 1. The molecule has 3 aliphatic rings. The molecular weight excluding hydrogens is 623 g/mol. The van der Waals surface area contributed by atoms with Gasteiger partial charge in [0.1, 0.15) is 28.5 Å². The van der Waals surface area contributed by atoms with Crippen LogP contribution in [0.5, 0.6) is 11.5 Å². The first-order chi connectivity index (χ1) is 22.0. The van der Waals surface area contributed by atoms with E-state index in [1.54, 1.807) is 18.2 Å². The minimum Gasteiger partial charge on any atom is -0.489 e. The number of aromatic carboxylic acids is 1. The number of rotatable bonds is 11. The number of thiazole rings is 1. The number of ether oxygens (including phenoxy) is 3. The third-order valence-corrected chi connectivity index (χ3v) is 9.95. The average Bonchev–Trinajstić information content (AvgIpc) is 3.54. The second-order valence-electron chi connectivity index (χ2n) is 12.7. The fraction of sp³-hybridized carbons (Fsp3) is 0.485. The third-order valence-electron chi connectivity index (χ3n) is 9.01. The summed E-state index contributed by atoms with van der Waals surface area (Å²) in [5.41, 5.74) is 2.03. The van der Waals surface area contributed by atoms with Gasteiger partial charge in [0.2, 0.25) is 0 Å². The zero-order valence-electron chi connectivity index (χ0n) is 25.3. The summed E-state index contributed by atoms with van der Waals surface area (Å²) < 4.78 is 62.6. The SMILES string of the molecule is CC(C)Oc1cc(C(=O)O)cc2sc(NC3C4CCC3CC(OCc3c(-c5ccccc5OC(F)(F)F)noc3C3CC3)C4)nc12. The first-order valence-corrected chi connectivity index (χ1v) is 16.4. The molecule has 2 heterocycles. The van der Waals surface area contributed by atoms with Crippen LogP contribution in [0.2, 0.25) is 0 Å². The van der Waals surface area contributed by atoms with Gasteiger partial charge in [0.25, 0.3) is 0 Å². The lowest BCUT2D eigenvalue weighted by atomic mass is 9.82. The molecule has 3 saturated carbocycles. The van der Waals surface area contributed by atoms with E-state index in [1.165, 1.54) is 29.5 Å². The Bertz CT molecular complexity index is 1740. The maximum Gasteiger partial charge on any atom is 0.573 e. The van der Waals surface area contributed by atoms with Crippen LogP contribution in [0.1, 0.15) is 80.0 Å².